The highest BCUT2D eigenvalue weighted by Gasteiger charge is 2.16. The number of aromatic nitrogens is 5. The third-order valence-corrected chi connectivity index (χ3v) is 7.25. The quantitative estimate of drug-likeness (QED) is 0.250. The van der Waals surface area contributed by atoms with Gasteiger partial charge in [-0.2, -0.15) is 14.6 Å². The molecule has 0 saturated heterocycles. The van der Waals surface area contributed by atoms with E-state index in [1.54, 1.807) is 43.0 Å². The zero-order valence-corrected chi connectivity index (χ0v) is 23.0. The number of benzene rings is 3. The summed E-state index contributed by atoms with van der Waals surface area (Å²) >= 11 is 1.23. The molecule has 0 aliphatic heterocycles. The van der Waals surface area contributed by atoms with E-state index in [-0.39, 0.29) is 11.3 Å². The molecular weight excluding hydrogens is 541 g/mol. The average Bonchev–Trinajstić information content (AvgIpc) is 3.68. The van der Waals surface area contributed by atoms with Gasteiger partial charge in [-0.05, 0) is 67.1 Å². The highest BCUT2D eigenvalue weighted by Crippen LogP contribution is 2.28. The minimum absolute atomic E-state index is 0.175. The summed E-state index contributed by atoms with van der Waals surface area (Å²) in [5, 5.41) is 9.12. The van der Waals surface area contributed by atoms with Gasteiger partial charge in [-0.15, -0.1) is 5.10 Å². The predicted octanol–water partition coefficient (Wildman–Crippen LogP) is 5.27. The Morgan fingerprint density at radius 3 is 2.51 bits per heavy atom. The van der Waals surface area contributed by atoms with Crippen molar-refractivity contribution in [1.82, 2.24) is 24.4 Å². The van der Waals surface area contributed by atoms with Crippen molar-refractivity contribution in [3.8, 4) is 28.4 Å². The van der Waals surface area contributed by atoms with Crippen molar-refractivity contribution in [2.24, 2.45) is 0 Å². The van der Waals surface area contributed by atoms with Gasteiger partial charge >= 0.3 is 0 Å². The SMILES string of the molecule is CCOc1ccc(-c2nn(-c3ccccc3)cc2/C=c2\sc3nc(/C=C/c4ccc(OC)cc4)nn3c2=O)cc1F. The zero-order valence-electron chi connectivity index (χ0n) is 22.2. The first-order chi connectivity index (χ1) is 20.0. The van der Waals surface area contributed by atoms with E-state index in [9.17, 15) is 9.18 Å². The van der Waals surface area contributed by atoms with E-state index in [2.05, 4.69) is 10.1 Å². The molecule has 10 heteroatoms. The third kappa shape index (κ3) is 5.37. The molecule has 0 saturated carbocycles. The molecule has 0 N–H and O–H groups in total. The van der Waals surface area contributed by atoms with Gasteiger partial charge in [-0.1, -0.05) is 47.7 Å². The molecule has 41 heavy (non-hydrogen) atoms. The maximum Gasteiger partial charge on any atom is 0.291 e. The summed E-state index contributed by atoms with van der Waals surface area (Å²) in [7, 11) is 1.62. The van der Waals surface area contributed by atoms with Crippen LogP contribution in [0.2, 0.25) is 0 Å². The Hall–Kier alpha value is -5.09. The van der Waals surface area contributed by atoms with Gasteiger partial charge in [0.15, 0.2) is 17.4 Å². The second kappa shape index (κ2) is 11.2. The predicted molar refractivity (Wildman–Crippen MR) is 158 cm³/mol. The first-order valence-electron chi connectivity index (χ1n) is 12.8. The Balaban J connectivity index is 1.38. The Labute approximate surface area is 238 Å². The average molecular weight is 566 g/mol. The number of hydrogen-bond donors (Lipinski definition) is 0. The molecule has 0 aliphatic rings. The van der Waals surface area contributed by atoms with Crippen molar-refractivity contribution < 1.29 is 13.9 Å². The van der Waals surface area contributed by atoms with E-state index in [4.69, 9.17) is 14.6 Å². The van der Waals surface area contributed by atoms with E-state index >= 15 is 0 Å². The molecular formula is C31H24FN5O3S. The second-order valence-corrected chi connectivity index (χ2v) is 9.99. The van der Waals surface area contributed by atoms with Gasteiger partial charge in [0.1, 0.15) is 11.4 Å². The fourth-order valence-corrected chi connectivity index (χ4v) is 5.20. The molecule has 204 valence electrons. The smallest absolute Gasteiger partial charge is 0.291 e. The summed E-state index contributed by atoms with van der Waals surface area (Å²) in [5.41, 5.74) is 3.23. The normalized spacial score (nSPS) is 12.0. The summed E-state index contributed by atoms with van der Waals surface area (Å²) in [4.78, 5) is 18.3. The summed E-state index contributed by atoms with van der Waals surface area (Å²) in [5.74, 6) is 0.891. The van der Waals surface area contributed by atoms with Crippen LogP contribution in [0.3, 0.4) is 0 Å². The molecule has 0 amide bonds. The standard InChI is InChI=1S/C31H24FN5O3S/c1-3-40-26-15-12-21(17-25(26)32)29-22(19-36(35-29)23-7-5-4-6-8-23)18-27-30(38)37-31(41-27)33-28(34-37)16-11-20-9-13-24(39-2)14-10-20/h4-19H,3H2,1-2H3/b16-11+,27-18-. The minimum Gasteiger partial charge on any atom is -0.497 e. The molecule has 3 heterocycles. The van der Waals surface area contributed by atoms with Crippen molar-refractivity contribution in [1.29, 1.82) is 0 Å². The lowest BCUT2D eigenvalue weighted by Crippen LogP contribution is -2.23. The van der Waals surface area contributed by atoms with Gasteiger partial charge in [0.05, 0.1) is 23.9 Å². The van der Waals surface area contributed by atoms with Crippen molar-refractivity contribution in [2.45, 2.75) is 6.92 Å². The summed E-state index contributed by atoms with van der Waals surface area (Å²) in [6.07, 6.45) is 7.19. The maximum atomic E-state index is 14.8. The summed E-state index contributed by atoms with van der Waals surface area (Å²) in [6, 6.07) is 21.9. The number of thiazole rings is 1. The van der Waals surface area contributed by atoms with Crippen LogP contribution in [-0.4, -0.2) is 38.1 Å². The van der Waals surface area contributed by atoms with Crippen LogP contribution in [0.25, 0.3) is 40.1 Å². The van der Waals surface area contributed by atoms with Crippen molar-refractivity contribution >= 4 is 34.5 Å². The number of para-hydroxylation sites is 1. The molecule has 8 nitrogen and oxygen atoms in total. The minimum atomic E-state index is -0.483. The molecule has 3 aromatic carbocycles. The van der Waals surface area contributed by atoms with Gasteiger partial charge in [-0.3, -0.25) is 4.79 Å². The lowest BCUT2D eigenvalue weighted by atomic mass is 10.1. The molecule has 3 aromatic heterocycles. The molecule has 0 radical (unpaired) electrons. The van der Waals surface area contributed by atoms with Crippen LogP contribution >= 0.6 is 11.3 Å². The number of rotatable bonds is 8. The van der Waals surface area contributed by atoms with Crippen LogP contribution in [0, 0.1) is 5.82 Å². The highest BCUT2D eigenvalue weighted by atomic mass is 32.1. The largest absolute Gasteiger partial charge is 0.497 e. The second-order valence-electron chi connectivity index (χ2n) is 8.98. The fourth-order valence-electron chi connectivity index (χ4n) is 4.30. The van der Waals surface area contributed by atoms with Crippen LogP contribution in [0.5, 0.6) is 11.5 Å². The maximum absolute atomic E-state index is 14.8. The van der Waals surface area contributed by atoms with Gasteiger partial charge in [0.25, 0.3) is 5.56 Å². The lowest BCUT2D eigenvalue weighted by Gasteiger charge is -2.06. The van der Waals surface area contributed by atoms with Crippen molar-refractivity contribution in [2.75, 3.05) is 13.7 Å². The highest BCUT2D eigenvalue weighted by molar-refractivity contribution is 7.15. The Morgan fingerprint density at radius 2 is 1.80 bits per heavy atom. The first-order valence-corrected chi connectivity index (χ1v) is 13.7. The molecule has 0 bridgehead atoms. The van der Waals surface area contributed by atoms with Crippen molar-refractivity contribution in [3.63, 3.8) is 0 Å². The van der Waals surface area contributed by atoms with E-state index in [1.807, 2.05) is 66.9 Å². The monoisotopic (exact) mass is 565 g/mol. The van der Waals surface area contributed by atoms with Gasteiger partial charge < -0.3 is 9.47 Å². The van der Waals surface area contributed by atoms with Crippen LogP contribution in [-0.2, 0) is 0 Å². The van der Waals surface area contributed by atoms with E-state index in [1.165, 1.54) is 21.9 Å². The molecule has 0 fully saturated rings. The number of methoxy groups -OCH3 is 1. The van der Waals surface area contributed by atoms with E-state index < -0.39 is 5.82 Å². The van der Waals surface area contributed by atoms with E-state index in [0.717, 1.165) is 17.0 Å². The van der Waals surface area contributed by atoms with Crippen LogP contribution in [0.15, 0.2) is 83.8 Å². The molecule has 0 spiro atoms. The first kappa shape index (κ1) is 26.1. The Morgan fingerprint density at radius 1 is 1.00 bits per heavy atom. The fraction of sp³-hybridized carbons (Fsp3) is 0.0968. The molecule has 0 unspecified atom stereocenters. The number of ether oxygens (including phenoxy) is 2. The van der Waals surface area contributed by atoms with Gasteiger partial charge in [-0.25, -0.2) is 9.07 Å². The molecule has 0 atom stereocenters. The topological polar surface area (TPSA) is 83.5 Å². The third-order valence-electron chi connectivity index (χ3n) is 6.29. The van der Waals surface area contributed by atoms with Crippen LogP contribution in [0.4, 0.5) is 4.39 Å². The lowest BCUT2D eigenvalue weighted by molar-refractivity contribution is 0.321. The number of fused-ring (bicyclic) bond motifs is 1. The van der Waals surface area contributed by atoms with Gasteiger partial charge in [0, 0.05) is 17.3 Å². The zero-order chi connectivity index (χ0) is 28.3. The summed E-state index contributed by atoms with van der Waals surface area (Å²) < 4.78 is 28.7. The number of hydrogen-bond acceptors (Lipinski definition) is 7. The molecule has 6 rings (SSSR count). The van der Waals surface area contributed by atoms with Crippen LogP contribution < -0.4 is 19.6 Å². The summed E-state index contributed by atoms with van der Waals surface area (Å²) in [6.45, 7) is 2.16. The number of nitrogens with zero attached hydrogens (tertiary/aromatic N) is 5. The van der Waals surface area contributed by atoms with Crippen LogP contribution in [0.1, 0.15) is 23.9 Å². The van der Waals surface area contributed by atoms with E-state index in [0.29, 0.717) is 38.7 Å². The molecule has 0 aliphatic carbocycles. The van der Waals surface area contributed by atoms with Gasteiger partial charge in [0.2, 0.25) is 4.96 Å². The van der Waals surface area contributed by atoms with Crippen molar-refractivity contribution in [3.05, 3.63) is 117 Å². The Kier molecular flexibility index (Phi) is 7.13. The number of halogens is 1. The Bertz CT molecular complexity index is 1980. The molecule has 6 aromatic rings.